The number of nitrogens with zero attached hydrogens (tertiary/aromatic N) is 2. The first-order chi connectivity index (χ1) is 12.8. The van der Waals surface area contributed by atoms with E-state index in [1.54, 1.807) is 25.1 Å². The van der Waals surface area contributed by atoms with Crippen molar-refractivity contribution in [2.75, 3.05) is 10.6 Å². The second kappa shape index (κ2) is 7.67. The molecule has 2 N–H and O–H groups in total. The SMILES string of the molecule is Cc1cc(C(=O)Nc2ccc(F)cc2F)nc(Nc2ccc(Cl)cc2C)n1. The lowest BCUT2D eigenvalue weighted by molar-refractivity contribution is 0.102. The lowest BCUT2D eigenvalue weighted by Crippen LogP contribution is -2.16. The number of amides is 1. The summed E-state index contributed by atoms with van der Waals surface area (Å²) in [5.41, 5.74) is 2.07. The van der Waals surface area contributed by atoms with E-state index in [9.17, 15) is 13.6 Å². The summed E-state index contributed by atoms with van der Waals surface area (Å²) < 4.78 is 26.7. The van der Waals surface area contributed by atoms with Crippen LogP contribution >= 0.6 is 11.6 Å². The average molecular weight is 389 g/mol. The highest BCUT2D eigenvalue weighted by Crippen LogP contribution is 2.22. The highest BCUT2D eigenvalue weighted by atomic mass is 35.5. The Hall–Kier alpha value is -3.06. The molecule has 1 heterocycles. The van der Waals surface area contributed by atoms with E-state index in [1.165, 1.54) is 6.07 Å². The third kappa shape index (κ3) is 4.57. The predicted octanol–water partition coefficient (Wildman–Crippen LogP) is 5.02. The molecule has 0 atom stereocenters. The Morgan fingerprint density at radius 3 is 2.44 bits per heavy atom. The molecular weight excluding hydrogens is 374 g/mol. The third-order valence-electron chi connectivity index (χ3n) is 3.70. The molecule has 138 valence electrons. The van der Waals surface area contributed by atoms with Crippen LogP contribution in [-0.2, 0) is 0 Å². The quantitative estimate of drug-likeness (QED) is 0.658. The van der Waals surface area contributed by atoms with Crippen molar-refractivity contribution in [2.24, 2.45) is 0 Å². The first kappa shape index (κ1) is 18.7. The topological polar surface area (TPSA) is 66.9 Å². The molecule has 5 nitrogen and oxygen atoms in total. The summed E-state index contributed by atoms with van der Waals surface area (Å²) in [7, 11) is 0. The van der Waals surface area contributed by atoms with Crippen molar-refractivity contribution in [2.45, 2.75) is 13.8 Å². The van der Waals surface area contributed by atoms with Crippen molar-refractivity contribution in [3.8, 4) is 0 Å². The van der Waals surface area contributed by atoms with Crippen molar-refractivity contribution in [1.82, 2.24) is 9.97 Å². The minimum atomic E-state index is -0.871. The van der Waals surface area contributed by atoms with E-state index in [2.05, 4.69) is 20.6 Å². The van der Waals surface area contributed by atoms with E-state index in [1.807, 2.05) is 6.92 Å². The van der Waals surface area contributed by atoms with Crippen molar-refractivity contribution in [3.63, 3.8) is 0 Å². The molecule has 0 saturated carbocycles. The zero-order valence-electron chi connectivity index (χ0n) is 14.5. The lowest BCUT2D eigenvalue weighted by Gasteiger charge is -2.11. The number of halogens is 3. The number of hydrogen-bond donors (Lipinski definition) is 2. The van der Waals surface area contributed by atoms with Crippen LogP contribution in [0.2, 0.25) is 5.02 Å². The minimum absolute atomic E-state index is 0.0420. The van der Waals surface area contributed by atoms with Crippen LogP contribution in [-0.4, -0.2) is 15.9 Å². The molecule has 3 rings (SSSR count). The fourth-order valence-corrected chi connectivity index (χ4v) is 2.63. The van der Waals surface area contributed by atoms with Crippen molar-refractivity contribution in [1.29, 1.82) is 0 Å². The Morgan fingerprint density at radius 1 is 1.00 bits per heavy atom. The summed E-state index contributed by atoms with van der Waals surface area (Å²) in [6, 6.07) is 9.64. The number of rotatable bonds is 4. The van der Waals surface area contributed by atoms with Gasteiger partial charge in [-0.2, -0.15) is 0 Å². The normalized spacial score (nSPS) is 10.6. The van der Waals surface area contributed by atoms with Crippen LogP contribution in [0.1, 0.15) is 21.7 Å². The van der Waals surface area contributed by atoms with Crippen molar-refractivity contribution in [3.05, 3.63) is 76.1 Å². The zero-order chi connectivity index (χ0) is 19.6. The number of nitrogens with one attached hydrogen (secondary N) is 2. The second-order valence-corrected chi connectivity index (χ2v) is 6.32. The molecule has 0 saturated heterocycles. The maximum Gasteiger partial charge on any atom is 0.274 e. The number of hydrogen-bond acceptors (Lipinski definition) is 4. The maximum atomic E-state index is 13.7. The second-order valence-electron chi connectivity index (χ2n) is 5.88. The largest absolute Gasteiger partial charge is 0.324 e. The van der Waals surface area contributed by atoms with Gasteiger partial charge in [-0.25, -0.2) is 18.7 Å². The fraction of sp³-hybridized carbons (Fsp3) is 0.105. The van der Waals surface area contributed by atoms with Gasteiger partial charge in [0.2, 0.25) is 5.95 Å². The number of aryl methyl sites for hydroxylation is 2. The van der Waals surface area contributed by atoms with Crippen LogP contribution < -0.4 is 10.6 Å². The predicted molar refractivity (Wildman–Crippen MR) is 101 cm³/mol. The minimum Gasteiger partial charge on any atom is -0.324 e. The van der Waals surface area contributed by atoms with E-state index in [-0.39, 0.29) is 17.3 Å². The standard InChI is InChI=1S/C19H15ClF2N4O/c1-10-7-12(20)3-5-15(10)25-19-23-11(2)8-17(26-19)18(27)24-16-6-4-13(21)9-14(16)22/h3-9H,1-2H3,(H,24,27)(H,23,25,26). The summed E-state index contributed by atoms with van der Waals surface area (Å²) in [5.74, 6) is -2.02. The van der Waals surface area contributed by atoms with Gasteiger partial charge in [0.25, 0.3) is 5.91 Å². The summed E-state index contributed by atoms with van der Waals surface area (Å²) >= 11 is 5.95. The number of benzene rings is 2. The van der Waals surface area contributed by atoms with E-state index < -0.39 is 17.5 Å². The Bertz CT molecular complexity index is 1030. The molecular formula is C19H15ClF2N4O. The average Bonchev–Trinajstić information content (AvgIpc) is 2.59. The smallest absolute Gasteiger partial charge is 0.274 e. The molecule has 0 unspecified atom stereocenters. The molecule has 0 fully saturated rings. The summed E-state index contributed by atoms with van der Waals surface area (Å²) in [4.78, 5) is 20.8. The van der Waals surface area contributed by atoms with Gasteiger partial charge in [-0.1, -0.05) is 11.6 Å². The Labute approximate surface area is 159 Å². The van der Waals surface area contributed by atoms with Crippen LogP contribution in [0.3, 0.4) is 0 Å². The lowest BCUT2D eigenvalue weighted by atomic mass is 10.2. The van der Waals surface area contributed by atoms with Gasteiger partial charge >= 0.3 is 0 Å². The first-order valence-corrected chi connectivity index (χ1v) is 8.35. The van der Waals surface area contributed by atoms with Crippen LogP contribution in [0.15, 0.2) is 42.5 Å². The molecule has 1 amide bonds. The Kier molecular flexibility index (Phi) is 5.32. The number of aromatic nitrogens is 2. The van der Waals surface area contributed by atoms with Gasteiger partial charge in [-0.15, -0.1) is 0 Å². The molecule has 0 spiro atoms. The molecule has 2 aromatic carbocycles. The van der Waals surface area contributed by atoms with Crippen LogP contribution in [0.5, 0.6) is 0 Å². The Morgan fingerprint density at radius 2 is 1.74 bits per heavy atom. The van der Waals surface area contributed by atoms with Crippen molar-refractivity contribution >= 4 is 34.8 Å². The highest BCUT2D eigenvalue weighted by molar-refractivity contribution is 6.30. The van der Waals surface area contributed by atoms with Crippen molar-refractivity contribution < 1.29 is 13.6 Å². The van der Waals surface area contributed by atoms with Gasteiger partial charge in [-0.3, -0.25) is 4.79 Å². The Balaban J connectivity index is 1.85. The summed E-state index contributed by atoms with van der Waals surface area (Å²) in [6.45, 7) is 3.58. The number of anilines is 3. The molecule has 0 aliphatic rings. The summed E-state index contributed by atoms with van der Waals surface area (Å²) in [5, 5.41) is 6.01. The molecule has 0 aliphatic carbocycles. The van der Waals surface area contributed by atoms with Gasteiger partial charge in [0.05, 0.1) is 5.69 Å². The molecule has 0 bridgehead atoms. The molecule has 27 heavy (non-hydrogen) atoms. The summed E-state index contributed by atoms with van der Waals surface area (Å²) in [6.07, 6.45) is 0. The molecule has 0 aliphatic heterocycles. The van der Waals surface area contributed by atoms with Crippen LogP contribution in [0.25, 0.3) is 0 Å². The highest BCUT2D eigenvalue weighted by Gasteiger charge is 2.14. The third-order valence-corrected chi connectivity index (χ3v) is 3.94. The van der Waals surface area contributed by atoms with Crippen LogP contribution in [0.4, 0.5) is 26.1 Å². The number of carbonyl (C=O) groups is 1. The van der Waals surface area contributed by atoms with E-state index in [0.717, 1.165) is 23.4 Å². The molecule has 0 radical (unpaired) electrons. The molecule has 8 heteroatoms. The first-order valence-electron chi connectivity index (χ1n) is 7.97. The van der Waals surface area contributed by atoms with Gasteiger partial charge in [0.1, 0.15) is 17.3 Å². The number of carbonyl (C=O) groups excluding carboxylic acids is 1. The van der Waals surface area contributed by atoms with E-state index in [0.29, 0.717) is 16.8 Å². The van der Waals surface area contributed by atoms with Gasteiger partial charge in [-0.05, 0) is 55.8 Å². The van der Waals surface area contributed by atoms with Gasteiger partial charge in [0, 0.05) is 22.5 Å². The van der Waals surface area contributed by atoms with E-state index in [4.69, 9.17) is 11.6 Å². The molecule has 3 aromatic rings. The van der Waals surface area contributed by atoms with E-state index >= 15 is 0 Å². The monoisotopic (exact) mass is 388 g/mol. The zero-order valence-corrected chi connectivity index (χ0v) is 15.2. The van der Waals surface area contributed by atoms with Crippen LogP contribution in [0, 0.1) is 25.5 Å². The van der Waals surface area contributed by atoms with Gasteiger partial charge < -0.3 is 10.6 Å². The maximum absolute atomic E-state index is 13.7. The molecule has 1 aromatic heterocycles. The van der Waals surface area contributed by atoms with Gasteiger partial charge in [0.15, 0.2) is 0 Å². The fourth-order valence-electron chi connectivity index (χ4n) is 2.41.